The Bertz CT molecular complexity index is 650. The minimum atomic E-state index is 0.767. The van der Waals surface area contributed by atoms with Crippen molar-refractivity contribution in [3.05, 3.63) is 66.2 Å². The van der Waals surface area contributed by atoms with Crippen LogP contribution in [0.5, 0.6) is 0 Å². The number of unbranched alkanes of at least 4 members (excludes halogenated alkanes) is 2. The van der Waals surface area contributed by atoms with Crippen molar-refractivity contribution in [1.82, 2.24) is 0 Å². The van der Waals surface area contributed by atoms with Crippen LogP contribution in [0, 0.1) is 11.8 Å². The Morgan fingerprint density at radius 3 is 2.20 bits per heavy atom. The standard InChI is InChI=1S/C23H30.CN/c1-2-3-5-12-19-15-8-9-16-21(19)23-18-11-10-17-22(23)20-13-6-4-7-14-20;1-2/h8-11,15-18,20H,2-7,12-14H2,1H3;/q;-1. The first-order valence-corrected chi connectivity index (χ1v) is 9.79. The lowest BCUT2D eigenvalue weighted by Crippen LogP contribution is -2.06. The van der Waals surface area contributed by atoms with Crippen LogP contribution in [0.25, 0.3) is 11.1 Å². The molecule has 0 bridgehead atoms. The highest BCUT2D eigenvalue weighted by atomic mass is 14.2. The van der Waals surface area contributed by atoms with E-state index in [4.69, 9.17) is 11.8 Å². The van der Waals surface area contributed by atoms with Crippen LogP contribution in [-0.2, 0) is 6.42 Å². The predicted octanol–water partition coefficient (Wildman–Crippen LogP) is 7.23. The zero-order valence-corrected chi connectivity index (χ0v) is 15.5. The summed E-state index contributed by atoms with van der Waals surface area (Å²) in [4.78, 5) is 0. The summed E-state index contributed by atoms with van der Waals surface area (Å²) >= 11 is 0. The smallest absolute Gasteiger partial charge is 0.0146 e. The van der Waals surface area contributed by atoms with Crippen LogP contribution >= 0.6 is 0 Å². The van der Waals surface area contributed by atoms with Gasteiger partial charge in [0, 0.05) is 0 Å². The van der Waals surface area contributed by atoms with Crippen LogP contribution in [0.2, 0.25) is 0 Å². The third kappa shape index (κ3) is 5.20. The Kier molecular flexibility index (Phi) is 8.26. The predicted molar refractivity (Wildman–Crippen MR) is 106 cm³/mol. The van der Waals surface area contributed by atoms with E-state index in [0.717, 1.165) is 5.92 Å². The van der Waals surface area contributed by atoms with E-state index in [1.54, 1.807) is 5.56 Å². The zero-order valence-electron chi connectivity index (χ0n) is 15.5. The summed E-state index contributed by atoms with van der Waals surface area (Å²) in [6, 6.07) is 18.3. The van der Waals surface area contributed by atoms with Gasteiger partial charge in [0.25, 0.3) is 0 Å². The fourth-order valence-electron chi connectivity index (χ4n) is 4.08. The summed E-state index contributed by atoms with van der Waals surface area (Å²) < 4.78 is 0. The van der Waals surface area contributed by atoms with Gasteiger partial charge in [-0.2, -0.15) is 0 Å². The van der Waals surface area contributed by atoms with Crippen molar-refractivity contribution < 1.29 is 0 Å². The maximum atomic E-state index is 6.25. The highest BCUT2D eigenvalue weighted by Crippen LogP contribution is 2.39. The van der Waals surface area contributed by atoms with E-state index >= 15 is 0 Å². The average Bonchev–Trinajstić information content (AvgIpc) is 2.71. The quantitative estimate of drug-likeness (QED) is 0.404. The number of aryl methyl sites for hydroxylation is 1. The van der Waals surface area contributed by atoms with Crippen LogP contribution in [0.15, 0.2) is 48.5 Å². The van der Waals surface area contributed by atoms with Gasteiger partial charge in [0.1, 0.15) is 0 Å². The molecule has 1 heteroatoms. The normalized spacial score (nSPS) is 14.5. The second kappa shape index (κ2) is 10.7. The van der Waals surface area contributed by atoms with Gasteiger partial charge in [-0.15, -0.1) is 0 Å². The van der Waals surface area contributed by atoms with Crippen molar-refractivity contribution in [2.45, 2.75) is 70.6 Å². The van der Waals surface area contributed by atoms with Gasteiger partial charge in [-0.25, -0.2) is 0 Å². The Morgan fingerprint density at radius 2 is 1.48 bits per heavy atom. The second-order valence-corrected chi connectivity index (χ2v) is 7.04. The molecule has 0 aromatic heterocycles. The van der Waals surface area contributed by atoms with E-state index < -0.39 is 0 Å². The van der Waals surface area contributed by atoms with Crippen LogP contribution in [0.3, 0.4) is 0 Å². The molecule has 0 aliphatic heterocycles. The van der Waals surface area contributed by atoms with Gasteiger partial charge in [0.15, 0.2) is 0 Å². The highest BCUT2D eigenvalue weighted by molar-refractivity contribution is 5.71. The Morgan fingerprint density at radius 1 is 0.840 bits per heavy atom. The monoisotopic (exact) mass is 332 g/mol. The zero-order chi connectivity index (χ0) is 17.9. The average molecular weight is 333 g/mol. The summed E-state index contributed by atoms with van der Waals surface area (Å²) in [5, 5.41) is 6.25. The van der Waals surface area contributed by atoms with Gasteiger partial charge in [-0.1, -0.05) is 87.6 Å². The molecule has 0 saturated heterocycles. The van der Waals surface area contributed by atoms with Gasteiger partial charge in [-0.3, -0.25) is 0 Å². The van der Waals surface area contributed by atoms with Crippen LogP contribution in [0.1, 0.15) is 75.3 Å². The molecular formula is C24H30N-. The molecule has 0 heterocycles. The SMILES string of the molecule is CCCCCc1ccccc1-c1ccccc1C1CCCCC1.[C-]#N. The van der Waals surface area contributed by atoms with Crippen LogP contribution in [0.4, 0.5) is 0 Å². The largest absolute Gasteiger partial charge is 0.512 e. The molecule has 25 heavy (non-hydrogen) atoms. The number of hydrogen-bond acceptors (Lipinski definition) is 1. The van der Waals surface area contributed by atoms with E-state index in [0.29, 0.717) is 0 Å². The molecule has 0 spiro atoms. The second-order valence-electron chi connectivity index (χ2n) is 7.04. The van der Waals surface area contributed by atoms with Crippen molar-refractivity contribution in [3.8, 4) is 11.1 Å². The van der Waals surface area contributed by atoms with E-state index in [1.807, 2.05) is 0 Å². The van der Waals surface area contributed by atoms with E-state index in [9.17, 15) is 0 Å². The molecule has 2 aromatic rings. The summed E-state index contributed by atoms with van der Waals surface area (Å²) in [5.41, 5.74) is 6.09. The fourth-order valence-corrected chi connectivity index (χ4v) is 4.08. The molecule has 2 aromatic carbocycles. The number of benzene rings is 2. The van der Waals surface area contributed by atoms with Gasteiger partial charge in [-0.05, 0) is 53.9 Å². The third-order valence-electron chi connectivity index (χ3n) is 5.36. The molecule has 1 fully saturated rings. The van der Waals surface area contributed by atoms with Gasteiger partial charge in [0.2, 0.25) is 0 Å². The lowest BCUT2D eigenvalue weighted by molar-refractivity contribution is 0.444. The lowest BCUT2D eigenvalue weighted by Gasteiger charge is -2.25. The van der Waals surface area contributed by atoms with Gasteiger partial charge < -0.3 is 11.8 Å². The first-order valence-electron chi connectivity index (χ1n) is 9.79. The molecule has 1 saturated carbocycles. The Labute approximate surface area is 153 Å². The summed E-state index contributed by atoms with van der Waals surface area (Å²) in [6.45, 7) is 7.03. The maximum Gasteiger partial charge on any atom is -0.0146 e. The van der Waals surface area contributed by atoms with Crippen LogP contribution < -0.4 is 0 Å². The van der Waals surface area contributed by atoms with Crippen molar-refractivity contribution >= 4 is 0 Å². The minimum absolute atomic E-state index is 0.767. The lowest BCUT2D eigenvalue weighted by atomic mass is 9.80. The van der Waals surface area contributed by atoms with Crippen LogP contribution in [-0.4, -0.2) is 0 Å². The molecule has 1 aliphatic carbocycles. The molecule has 3 rings (SSSR count). The first-order chi connectivity index (χ1) is 12.4. The topological polar surface area (TPSA) is 23.8 Å². The van der Waals surface area contributed by atoms with E-state index in [1.165, 1.54) is 74.5 Å². The first kappa shape index (κ1) is 19.3. The summed E-state index contributed by atoms with van der Waals surface area (Å²) in [5.74, 6) is 0.767. The maximum absolute atomic E-state index is 6.25. The number of nitrogens with zero attached hydrogens (tertiary/aromatic N) is 1. The van der Waals surface area contributed by atoms with Gasteiger partial charge >= 0.3 is 0 Å². The highest BCUT2D eigenvalue weighted by Gasteiger charge is 2.19. The Hall–Kier alpha value is -2.07. The molecule has 0 unspecified atom stereocenters. The molecule has 132 valence electrons. The molecule has 0 N–H and O–H groups in total. The molecular weight excluding hydrogens is 302 g/mol. The van der Waals surface area contributed by atoms with Crippen molar-refractivity contribution in [3.63, 3.8) is 0 Å². The summed E-state index contributed by atoms with van der Waals surface area (Å²) in [7, 11) is 0. The van der Waals surface area contributed by atoms with Crippen molar-refractivity contribution in [2.24, 2.45) is 0 Å². The molecule has 0 radical (unpaired) electrons. The Balaban J connectivity index is 0.00000109. The molecule has 0 amide bonds. The van der Waals surface area contributed by atoms with Crippen molar-refractivity contribution in [2.75, 3.05) is 0 Å². The molecule has 1 aliphatic rings. The fraction of sp³-hybridized carbons (Fsp3) is 0.458. The number of hydrogen-bond donors (Lipinski definition) is 0. The third-order valence-corrected chi connectivity index (χ3v) is 5.36. The van der Waals surface area contributed by atoms with Gasteiger partial charge in [0.05, 0.1) is 0 Å². The number of rotatable bonds is 6. The van der Waals surface area contributed by atoms with E-state index in [-0.39, 0.29) is 0 Å². The van der Waals surface area contributed by atoms with Crippen molar-refractivity contribution in [1.29, 1.82) is 5.26 Å². The summed E-state index contributed by atoms with van der Waals surface area (Å²) in [6.07, 6.45) is 12.1. The van der Waals surface area contributed by atoms with E-state index in [2.05, 4.69) is 55.5 Å². The molecule has 0 atom stereocenters. The minimum Gasteiger partial charge on any atom is -0.512 e. The molecule has 1 nitrogen and oxygen atoms in total.